The highest BCUT2D eigenvalue weighted by molar-refractivity contribution is 6.29. The molecule has 3 rings (SSSR count). The standard InChI is InChI=1S/C14H14ClN3O/c15-12-8-13(18-14(16)17-12)19-11-7-3-5-9-4-1-2-6-10(9)11/h1-2,4,6,8,11H,3,5,7H2,(H2,16,17,18). The topological polar surface area (TPSA) is 61.0 Å². The van der Waals surface area contributed by atoms with Crippen molar-refractivity contribution in [3.05, 3.63) is 46.6 Å². The molecule has 0 amide bonds. The lowest BCUT2D eigenvalue weighted by molar-refractivity contribution is 0.176. The number of halogens is 1. The van der Waals surface area contributed by atoms with E-state index in [1.807, 2.05) is 6.07 Å². The van der Waals surface area contributed by atoms with Crippen LogP contribution >= 0.6 is 11.6 Å². The summed E-state index contributed by atoms with van der Waals surface area (Å²) >= 11 is 5.86. The quantitative estimate of drug-likeness (QED) is 0.855. The molecule has 0 fully saturated rings. The second-order valence-electron chi connectivity index (χ2n) is 4.58. The van der Waals surface area contributed by atoms with Gasteiger partial charge in [0.05, 0.1) is 0 Å². The molecule has 1 aliphatic rings. The van der Waals surface area contributed by atoms with E-state index >= 15 is 0 Å². The van der Waals surface area contributed by atoms with Crippen molar-refractivity contribution in [3.63, 3.8) is 0 Å². The number of nitrogen functional groups attached to an aromatic ring is 1. The maximum absolute atomic E-state index is 5.93. The molecule has 4 nitrogen and oxygen atoms in total. The van der Waals surface area contributed by atoms with Crippen LogP contribution in [-0.2, 0) is 6.42 Å². The van der Waals surface area contributed by atoms with E-state index in [9.17, 15) is 0 Å². The number of benzene rings is 1. The van der Waals surface area contributed by atoms with Crippen molar-refractivity contribution in [1.29, 1.82) is 0 Å². The number of rotatable bonds is 2. The lowest BCUT2D eigenvalue weighted by Gasteiger charge is -2.25. The fraction of sp³-hybridized carbons (Fsp3) is 0.286. The number of ether oxygens (including phenoxy) is 1. The first-order valence-electron chi connectivity index (χ1n) is 6.27. The molecule has 0 saturated heterocycles. The van der Waals surface area contributed by atoms with Crippen molar-refractivity contribution in [2.24, 2.45) is 0 Å². The van der Waals surface area contributed by atoms with E-state index < -0.39 is 0 Å². The average Bonchev–Trinajstić information content (AvgIpc) is 2.38. The molecule has 5 heteroatoms. The van der Waals surface area contributed by atoms with Gasteiger partial charge in [-0.2, -0.15) is 4.98 Å². The van der Waals surface area contributed by atoms with Gasteiger partial charge in [-0.3, -0.25) is 0 Å². The van der Waals surface area contributed by atoms with Gasteiger partial charge in [0.1, 0.15) is 11.3 Å². The Morgan fingerprint density at radius 3 is 2.95 bits per heavy atom. The zero-order valence-corrected chi connectivity index (χ0v) is 11.1. The van der Waals surface area contributed by atoms with E-state index in [1.54, 1.807) is 6.07 Å². The molecule has 0 aliphatic heterocycles. The third kappa shape index (κ3) is 2.63. The molecule has 1 aromatic heterocycles. The Labute approximate surface area is 116 Å². The Balaban J connectivity index is 1.88. The molecule has 2 aromatic rings. The maximum atomic E-state index is 5.93. The molecule has 0 bridgehead atoms. The van der Waals surface area contributed by atoms with Gasteiger partial charge in [-0.1, -0.05) is 35.9 Å². The normalized spacial score (nSPS) is 17.8. The molecule has 2 N–H and O–H groups in total. The first-order chi connectivity index (χ1) is 9.22. The first-order valence-corrected chi connectivity index (χ1v) is 6.65. The third-order valence-electron chi connectivity index (χ3n) is 3.27. The van der Waals surface area contributed by atoms with Crippen LogP contribution in [0, 0.1) is 0 Å². The molecule has 0 saturated carbocycles. The van der Waals surface area contributed by atoms with Gasteiger partial charge < -0.3 is 10.5 Å². The Bertz CT molecular complexity index is 583. The van der Waals surface area contributed by atoms with Gasteiger partial charge in [0.2, 0.25) is 11.8 Å². The van der Waals surface area contributed by atoms with Crippen molar-refractivity contribution < 1.29 is 4.74 Å². The third-order valence-corrected chi connectivity index (χ3v) is 3.46. The molecular formula is C14H14ClN3O. The molecular weight excluding hydrogens is 262 g/mol. The minimum absolute atomic E-state index is 0.00955. The number of aryl methyl sites for hydroxylation is 1. The lowest BCUT2D eigenvalue weighted by Crippen LogP contribution is -2.16. The van der Waals surface area contributed by atoms with Crippen LogP contribution in [-0.4, -0.2) is 9.97 Å². The van der Waals surface area contributed by atoms with Crippen LogP contribution in [0.4, 0.5) is 5.95 Å². The summed E-state index contributed by atoms with van der Waals surface area (Å²) in [5, 5.41) is 0.298. The van der Waals surface area contributed by atoms with E-state index in [4.69, 9.17) is 22.1 Å². The minimum Gasteiger partial charge on any atom is -0.469 e. The Kier molecular flexibility index (Phi) is 3.25. The predicted molar refractivity (Wildman–Crippen MR) is 74.2 cm³/mol. The largest absolute Gasteiger partial charge is 0.469 e. The average molecular weight is 276 g/mol. The molecule has 1 aliphatic carbocycles. The summed E-state index contributed by atoms with van der Waals surface area (Å²) in [6, 6.07) is 9.93. The summed E-state index contributed by atoms with van der Waals surface area (Å²) in [5.74, 6) is 0.561. The van der Waals surface area contributed by atoms with Gasteiger partial charge >= 0.3 is 0 Å². The number of anilines is 1. The number of nitrogens with zero attached hydrogens (tertiary/aromatic N) is 2. The smallest absolute Gasteiger partial charge is 0.224 e. The Hall–Kier alpha value is -1.81. The van der Waals surface area contributed by atoms with Crippen molar-refractivity contribution in [3.8, 4) is 5.88 Å². The van der Waals surface area contributed by atoms with Crippen LogP contribution in [0.25, 0.3) is 0 Å². The highest BCUT2D eigenvalue weighted by Crippen LogP contribution is 2.33. The summed E-state index contributed by atoms with van der Waals surface area (Å²) in [6.07, 6.45) is 3.19. The molecule has 1 heterocycles. The molecule has 1 aromatic carbocycles. The Morgan fingerprint density at radius 1 is 1.26 bits per heavy atom. The van der Waals surface area contributed by atoms with Gasteiger partial charge in [-0.15, -0.1) is 0 Å². The maximum Gasteiger partial charge on any atom is 0.224 e. The zero-order valence-electron chi connectivity index (χ0n) is 10.3. The van der Waals surface area contributed by atoms with Crippen LogP contribution in [0.15, 0.2) is 30.3 Å². The van der Waals surface area contributed by atoms with Gasteiger partial charge in [-0.05, 0) is 30.4 Å². The summed E-state index contributed by atoms with van der Waals surface area (Å²) in [7, 11) is 0. The molecule has 0 radical (unpaired) electrons. The summed E-state index contributed by atoms with van der Waals surface area (Å²) in [5.41, 5.74) is 8.14. The SMILES string of the molecule is Nc1nc(Cl)cc(OC2CCCc3ccccc32)n1. The van der Waals surface area contributed by atoms with Gasteiger partial charge in [0.15, 0.2) is 0 Å². The second kappa shape index (κ2) is 5.05. The van der Waals surface area contributed by atoms with Crippen LogP contribution in [0.1, 0.15) is 30.1 Å². The van der Waals surface area contributed by atoms with Gasteiger partial charge in [0, 0.05) is 6.07 Å². The highest BCUT2D eigenvalue weighted by atomic mass is 35.5. The van der Waals surface area contributed by atoms with Crippen molar-refractivity contribution in [2.75, 3.05) is 5.73 Å². The minimum atomic E-state index is 0.00955. The zero-order chi connectivity index (χ0) is 13.2. The fourth-order valence-corrected chi connectivity index (χ4v) is 2.63. The lowest BCUT2D eigenvalue weighted by atomic mass is 9.89. The fourth-order valence-electron chi connectivity index (χ4n) is 2.45. The van der Waals surface area contributed by atoms with E-state index in [2.05, 4.69) is 28.2 Å². The van der Waals surface area contributed by atoms with E-state index in [-0.39, 0.29) is 12.1 Å². The Morgan fingerprint density at radius 2 is 2.11 bits per heavy atom. The van der Waals surface area contributed by atoms with Gasteiger partial charge in [0.25, 0.3) is 0 Å². The number of aromatic nitrogens is 2. The molecule has 1 unspecified atom stereocenters. The molecule has 1 atom stereocenters. The number of fused-ring (bicyclic) bond motifs is 1. The monoisotopic (exact) mass is 275 g/mol. The summed E-state index contributed by atoms with van der Waals surface area (Å²) in [4.78, 5) is 7.88. The molecule has 0 spiro atoms. The highest BCUT2D eigenvalue weighted by Gasteiger charge is 2.21. The molecule has 98 valence electrons. The van der Waals surface area contributed by atoms with Crippen LogP contribution in [0.2, 0.25) is 5.15 Å². The van der Waals surface area contributed by atoms with Crippen molar-refractivity contribution >= 4 is 17.5 Å². The predicted octanol–water partition coefficient (Wildman–Crippen LogP) is 3.17. The molecule has 19 heavy (non-hydrogen) atoms. The van der Waals surface area contributed by atoms with Gasteiger partial charge in [-0.25, -0.2) is 4.98 Å². The van der Waals surface area contributed by atoms with E-state index in [0.29, 0.717) is 11.0 Å². The van der Waals surface area contributed by atoms with Crippen LogP contribution in [0.3, 0.4) is 0 Å². The van der Waals surface area contributed by atoms with Crippen molar-refractivity contribution in [1.82, 2.24) is 9.97 Å². The number of hydrogen-bond acceptors (Lipinski definition) is 4. The number of hydrogen-bond donors (Lipinski definition) is 1. The van der Waals surface area contributed by atoms with Crippen LogP contribution in [0.5, 0.6) is 5.88 Å². The van der Waals surface area contributed by atoms with E-state index in [0.717, 1.165) is 19.3 Å². The van der Waals surface area contributed by atoms with Crippen molar-refractivity contribution in [2.45, 2.75) is 25.4 Å². The number of nitrogens with two attached hydrogens (primary N) is 1. The van der Waals surface area contributed by atoms with Crippen LogP contribution < -0.4 is 10.5 Å². The second-order valence-corrected chi connectivity index (χ2v) is 4.97. The summed E-state index contributed by atoms with van der Waals surface area (Å²) in [6.45, 7) is 0. The first kappa shape index (κ1) is 12.2. The summed E-state index contributed by atoms with van der Waals surface area (Å²) < 4.78 is 5.93. The van der Waals surface area contributed by atoms with E-state index in [1.165, 1.54) is 11.1 Å².